The minimum atomic E-state index is -0.401. The molecule has 0 aliphatic heterocycles. The van der Waals surface area contributed by atoms with E-state index in [9.17, 15) is 9.59 Å². The van der Waals surface area contributed by atoms with Gasteiger partial charge in [-0.2, -0.15) is 0 Å². The van der Waals surface area contributed by atoms with Crippen molar-refractivity contribution in [3.05, 3.63) is 74.8 Å². The maximum atomic E-state index is 12.6. The SMILES string of the molecule is CCCCc1ccc(NC(=O)CCc2c(C)c3cc4c(C)c(C)oc4cc3oc2=O)cc1. The van der Waals surface area contributed by atoms with Crippen LogP contribution in [0.25, 0.3) is 21.9 Å². The van der Waals surface area contributed by atoms with Crippen LogP contribution in [-0.4, -0.2) is 5.91 Å². The lowest BCUT2D eigenvalue weighted by Crippen LogP contribution is -2.16. The van der Waals surface area contributed by atoms with Gasteiger partial charge in [-0.3, -0.25) is 4.79 Å². The summed E-state index contributed by atoms with van der Waals surface area (Å²) in [5.74, 6) is 0.729. The van der Waals surface area contributed by atoms with Crippen LogP contribution in [-0.2, 0) is 17.6 Å². The lowest BCUT2D eigenvalue weighted by atomic mass is 10.0. The van der Waals surface area contributed by atoms with Gasteiger partial charge in [0.25, 0.3) is 0 Å². The minimum Gasteiger partial charge on any atom is -0.461 e. The number of furan rings is 1. The molecule has 0 saturated carbocycles. The third-order valence-electron chi connectivity index (χ3n) is 6.24. The molecule has 0 fully saturated rings. The Bertz CT molecular complexity index is 1340. The van der Waals surface area contributed by atoms with Crippen LogP contribution in [0.4, 0.5) is 5.69 Å². The summed E-state index contributed by atoms with van der Waals surface area (Å²) in [6.45, 7) is 8.02. The van der Waals surface area contributed by atoms with E-state index in [0.29, 0.717) is 23.2 Å². The van der Waals surface area contributed by atoms with Gasteiger partial charge in [0.15, 0.2) is 0 Å². The van der Waals surface area contributed by atoms with Crippen LogP contribution in [0.2, 0.25) is 0 Å². The van der Waals surface area contributed by atoms with E-state index in [-0.39, 0.29) is 12.3 Å². The van der Waals surface area contributed by atoms with Crippen molar-refractivity contribution in [1.29, 1.82) is 0 Å². The molecule has 2 aromatic heterocycles. The number of benzene rings is 2. The molecule has 5 nitrogen and oxygen atoms in total. The van der Waals surface area contributed by atoms with Crippen LogP contribution in [0.15, 0.2) is 50.0 Å². The molecule has 0 bridgehead atoms. The van der Waals surface area contributed by atoms with Crippen LogP contribution in [0.5, 0.6) is 0 Å². The highest BCUT2D eigenvalue weighted by Gasteiger charge is 2.16. The molecule has 32 heavy (non-hydrogen) atoms. The summed E-state index contributed by atoms with van der Waals surface area (Å²) in [7, 11) is 0. The molecule has 0 atom stereocenters. The van der Waals surface area contributed by atoms with Crippen LogP contribution in [0.3, 0.4) is 0 Å². The number of amides is 1. The smallest absolute Gasteiger partial charge is 0.339 e. The summed E-state index contributed by atoms with van der Waals surface area (Å²) >= 11 is 0. The van der Waals surface area contributed by atoms with E-state index in [1.807, 2.05) is 51.1 Å². The predicted molar refractivity (Wildman–Crippen MR) is 128 cm³/mol. The number of fused-ring (bicyclic) bond motifs is 2. The quantitative estimate of drug-likeness (QED) is 0.345. The molecule has 5 heteroatoms. The molecule has 0 radical (unpaired) electrons. The van der Waals surface area contributed by atoms with Gasteiger partial charge in [-0.1, -0.05) is 25.5 Å². The first-order valence-electron chi connectivity index (χ1n) is 11.2. The zero-order valence-corrected chi connectivity index (χ0v) is 19.1. The molecular weight excluding hydrogens is 402 g/mol. The van der Waals surface area contributed by atoms with Gasteiger partial charge in [-0.05, 0) is 74.9 Å². The number of aryl methyl sites for hydroxylation is 4. The molecule has 2 aromatic carbocycles. The van der Waals surface area contributed by atoms with Gasteiger partial charge in [0.1, 0.15) is 16.9 Å². The first kappa shape index (κ1) is 21.9. The predicted octanol–water partition coefficient (Wildman–Crippen LogP) is 6.38. The van der Waals surface area contributed by atoms with Crippen LogP contribution in [0.1, 0.15) is 54.2 Å². The number of nitrogens with one attached hydrogen (secondary N) is 1. The second-order valence-corrected chi connectivity index (χ2v) is 8.47. The molecule has 0 aliphatic carbocycles. The Kier molecular flexibility index (Phi) is 6.17. The van der Waals surface area contributed by atoms with Crippen LogP contribution in [0, 0.1) is 20.8 Å². The zero-order chi connectivity index (χ0) is 22.8. The first-order valence-corrected chi connectivity index (χ1v) is 11.2. The fourth-order valence-electron chi connectivity index (χ4n) is 4.11. The fourth-order valence-corrected chi connectivity index (χ4v) is 4.11. The monoisotopic (exact) mass is 431 g/mol. The molecular formula is C27H29NO4. The average molecular weight is 432 g/mol. The second-order valence-electron chi connectivity index (χ2n) is 8.47. The van der Waals surface area contributed by atoms with Crippen LogP contribution >= 0.6 is 0 Å². The number of carbonyl (C=O) groups excluding carboxylic acids is 1. The third-order valence-corrected chi connectivity index (χ3v) is 6.24. The number of hydrogen-bond donors (Lipinski definition) is 1. The van der Waals surface area contributed by atoms with E-state index in [1.54, 1.807) is 6.07 Å². The molecule has 1 N–H and O–H groups in total. The van der Waals surface area contributed by atoms with Gasteiger partial charge < -0.3 is 14.2 Å². The molecule has 0 unspecified atom stereocenters. The lowest BCUT2D eigenvalue weighted by molar-refractivity contribution is -0.116. The second kappa shape index (κ2) is 9.03. The van der Waals surface area contributed by atoms with Crippen molar-refractivity contribution in [1.82, 2.24) is 0 Å². The normalized spacial score (nSPS) is 11.4. The highest BCUT2D eigenvalue weighted by molar-refractivity contribution is 5.97. The van der Waals surface area contributed by atoms with Gasteiger partial charge in [0.2, 0.25) is 5.91 Å². The van der Waals surface area contributed by atoms with E-state index in [4.69, 9.17) is 8.83 Å². The fraction of sp³-hybridized carbons (Fsp3) is 0.333. The Balaban J connectivity index is 1.51. The van der Waals surface area contributed by atoms with E-state index in [1.165, 1.54) is 5.56 Å². The van der Waals surface area contributed by atoms with E-state index in [2.05, 4.69) is 12.2 Å². The molecule has 4 aromatic rings. The lowest BCUT2D eigenvalue weighted by Gasteiger charge is -2.09. The van der Waals surface area contributed by atoms with E-state index >= 15 is 0 Å². The van der Waals surface area contributed by atoms with Crippen molar-refractivity contribution < 1.29 is 13.6 Å². The zero-order valence-electron chi connectivity index (χ0n) is 19.1. The van der Waals surface area contributed by atoms with Crippen molar-refractivity contribution in [3.63, 3.8) is 0 Å². The Morgan fingerprint density at radius 1 is 0.906 bits per heavy atom. The van der Waals surface area contributed by atoms with Crippen LogP contribution < -0.4 is 10.9 Å². The van der Waals surface area contributed by atoms with Crippen molar-refractivity contribution in [2.24, 2.45) is 0 Å². The van der Waals surface area contributed by atoms with Crippen molar-refractivity contribution >= 4 is 33.5 Å². The summed E-state index contributed by atoms with van der Waals surface area (Å²) in [4.78, 5) is 25.1. The Morgan fingerprint density at radius 2 is 1.59 bits per heavy atom. The Morgan fingerprint density at radius 3 is 2.31 bits per heavy atom. The maximum Gasteiger partial charge on any atom is 0.339 e. The Hall–Kier alpha value is -3.34. The highest BCUT2D eigenvalue weighted by atomic mass is 16.4. The van der Waals surface area contributed by atoms with E-state index in [0.717, 1.165) is 52.6 Å². The summed E-state index contributed by atoms with van der Waals surface area (Å²) in [6, 6.07) is 11.7. The van der Waals surface area contributed by atoms with Crippen molar-refractivity contribution in [2.75, 3.05) is 5.32 Å². The number of rotatable bonds is 7. The summed E-state index contributed by atoms with van der Waals surface area (Å²) < 4.78 is 11.3. The maximum absolute atomic E-state index is 12.6. The molecule has 1 amide bonds. The summed E-state index contributed by atoms with van der Waals surface area (Å²) in [5.41, 5.74) is 5.32. The highest BCUT2D eigenvalue weighted by Crippen LogP contribution is 2.31. The van der Waals surface area contributed by atoms with Gasteiger partial charge in [-0.25, -0.2) is 4.79 Å². The van der Waals surface area contributed by atoms with Crippen molar-refractivity contribution in [2.45, 2.75) is 59.8 Å². The molecule has 4 rings (SSSR count). The number of hydrogen-bond acceptors (Lipinski definition) is 4. The summed E-state index contributed by atoms with van der Waals surface area (Å²) in [6.07, 6.45) is 3.90. The average Bonchev–Trinajstić information content (AvgIpc) is 3.04. The Labute approximate surface area is 187 Å². The molecule has 0 spiro atoms. The van der Waals surface area contributed by atoms with Crippen molar-refractivity contribution in [3.8, 4) is 0 Å². The number of unbranched alkanes of at least 4 members (excludes halogenated alkanes) is 1. The van der Waals surface area contributed by atoms with Gasteiger partial charge in [-0.15, -0.1) is 0 Å². The molecule has 2 heterocycles. The summed E-state index contributed by atoms with van der Waals surface area (Å²) in [5, 5.41) is 4.81. The third kappa shape index (κ3) is 4.33. The van der Waals surface area contributed by atoms with Gasteiger partial charge in [0, 0.05) is 34.5 Å². The topological polar surface area (TPSA) is 72.5 Å². The standard InChI is InChI=1S/C27H29NO4/c1-5-6-7-19-8-10-20(11-9-19)28-26(29)13-12-21-17(3)23-14-22-16(2)18(4)31-24(22)15-25(23)32-27(21)30/h8-11,14-15H,5-7,12-13H2,1-4H3,(H,28,29). The van der Waals surface area contributed by atoms with E-state index < -0.39 is 5.63 Å². The molecule has 0 saturated heterocycles. The largest absolute Gasteiger partial charge is 0.461 e. The molecule has 0 aliphatic rings. The first-order chi connectivity index (χ1) is 15.4. The van der Waals surface area contributed by atoms with Gasteiger partial charge in [0.05, 0.1) is 0 Å². The minimum absolute atomic E-state index is 0.123. The van der Waals surface area contributed by atoms with Gasteiger partial charge >= 0.3 is 5.63 Å². The number of anilines is 1. The number of carbonyl (C=O) groups is 1. The molecule has 166 valence electrons.